The molecule has 5 heteroatoms. The van der Waals surface area contributed by atoms with Gasteiger partial charge in [0.25, 0.3) is 11.8 Å². The van der Waals surface area contributed by atoms with Crippen LogP contribution in [-0.2, 0) is 9.59 Å². The molecule has 2 heterocycles. The summed E-state index contributed by atoms with van der Waals surface area (Å²) in [5, 5.41) is 8.06. The SMILES string of the molecule is Cc1cc(/C=N\N2C(=O)[C@@H]3C4c5ccccc5C(c5ccccc54)[C@@H]3C2=O)c(C)n1-c1cccc2ccccc12. The molecule has 1 fully saturated rings. The molecule has 3 aliphatic carbocycles. The smallest absolute Gasteiger partial charge is 0.254 e. The molecule has 1 aromatic heterocycles. The Hall–Kier alpha value is -4.77. The third kappa shape index (κ3) is 3.00. The van der Waals surface area contributed by atoms with E-state index in [1.165, 1.54) is 10.8 Å². The molecule has 0 saturated carbocycles. The second-order valence-corrected chi connectivity index (χ2v) is 11.2. The second kappa shape index (κ2) is 8.36. The molecular formula is C35H27N3O2. The summed E-state index contributed by atoms with van der Waals surface area (Å²) in [6.07, 6.45) is 1.68. The average molecular weight is 522 g/mol. The summed E-state index contributed by atoms with van der Waals surface area (Å²) in [6.45, 7) is 4.12. The van der Waals surface area contributed by atoms with Crippen molar-refractivity contribution >= 4 is 28.8 Å². The Morgan fingerprint density at radius 1 is 0.675 bits per heavy atom. The molecule has 0 unspecified atom stereocenters. The first-order valence-corrected chi connectivity index (χ1v) is 13.8. The second-order valence-electron chi connectivity index (χ2n) is 11.2. The number of amides is 2. The molecule has 5 nitrogen and oxygen atoms in total. The van der Waals surface area contributed by atoms with E-state index in [-0.39, 0.29) is 23.7 Å². The number of fused-ring (bicyclic) bond motifs is 1. The molecule has 0 N–H and O–H groups in total. The van der Waals surface area contributed by atoms with Crippen LogP contribution in [0.4, 0.5) is 0 Å². The fraction of sp³-hybridized carbons (Fsp3) is 0.171. The topological polar surface area (TPSA) is 54.7 Å². The van der Waals surface area contributed by atoms with Crippen LogP contribution in [0.15, 0.2) is 102 Å². The number of hydrogen-bond acceptors (Lipinski definition) is 3. The van der Waals surface area contributed by atoms with Gasteiger partial charge >= 0.3 is 0 Å². The van der Waals surface area contributed by atoms with Gasteiger partial charge in [-0.3, -0.25) is 9.59 Å². The lowest BCUT2D eigenvalue weighted by Gasteiger charge is -2.45. The van der Waals surface area contributed by atoms with Crippen molar-refractivity contribution in [3.05, 3.63) is 136 Å². The third-order valence-electron chi connectivity index (χ3n) is 9.22. The van der Waals surface area contributed by atoms with E-state index in [1.54, 1.807) is 6.21 Å². The monoisotopic (exact) mass is 521 g/mol. The van der Waals surface area contributed by atoms with Crippen molar-refractivity contribution in [1.82, 2.24) is 9.58 Å². The molecule has 4 aromatic carbocycles. The summed E-state index contributed by atoms with van der Waals surface area (Å²) < 4.78 is 2.21. The predicted octanol–water partition coefficient (Wildman–Crippen LogP) is 6.47. The van der Waals surface area contributed by atoms with Crippen LogP contribution in [-0.4, -0.2) is 27.6 Å². The van der Waals surface area contributed by atoms with E-state index in [9.17, 15) is 9.59 Å². The molecule has 0 radical (unpaired) electrons. The number of hydrogen-bond donors (Lipinski definition) is 0. The molecule has 194 valence electrons. The van der Waals surface area contributed by atoms with E-state index >= 15 is 0 Å². The van der Waals surface area contributed by atoms with Crippen LogP contribution in [0.1, 0.15) is 51.0 Å². The van der Waals surface area contributed by atoms with Crippen LogP contribution in [0.3, 0.4) is 0 Å². The lowest BCUT2D eigenvalue weighted by atomic mass is 9.55. The Bertz CT molecular complexity index is 1790. The van der Waals surface area contributed by atoms with Gasteiger partial charge in [0.05, 0.1) is 23.7 Å². The van der Waals surface area contributed by atoms with E-state index in [2.05, 4.69) is 90.2 Å². The van der Waals surface area contributed by atoms with Crippen molar-refractivity contribution in [1.29, 1.82) is 0 Å². The number of carbonyl (C=O) groups excluding carboxylic acids is 2. The highest BCUT2D eigenvalue weighted by molar-refractivity contribution is 6.08. The summed E-state index contributed by atoms with van der Waals surface area (Å²) in [6, 6.07) is 33.3. The number of aromatic nitrogens is 1. The predicted molar refractivity (Wildman–Crippen MR) is 156 cm³/mol. The maximum atomic E-state index is 13.9. The molecule has 40 heavy (non-hydrogen) atoms. The van der Waals surface area contributed by atoms with Gasteiger partial charge in [-0.15, -0.1) is 0 Å². The zero-order valence-electron chi connectivity index (χ0n) is 22.3. The van der Waals surface area contributed by atoms with Gasteiger partial charge < -0.3 is 4.57 Å². The number of nitrogens with zero attached hydrogens (tertiary/aromatic N) is 3. The van der Waals surface area contributed by atoms with Crippen molar-refractivity contribution < 1.29 is 9.59 Å². The fourth-order valence-electron chi connectivity index (χ4n) is 7.59. The van der Waals surface area contributed by atoms with Crippen molar-refractivity contribution in [3.63, 3.8) is 0 Å². The van der Waals surface area contributed by atoms with Gasteiger partial charge in [0.1, 0.15) is 0 Å². The van der Waals surface area contributed by atoms with Gasteiger partial charge in [0, 0.05) is 34.2 Å². The molecule has 9 rings (SSSR count). The van der Waals surface area contributed by atoms with Crippen LogP contribution >= 0.6 is 0 Å². The number of carbonyl (C=O) groups is 2. The standard InChI is InChI=1S/C35H27N3O2/c1-20-18-23(21(2)37(20)29-17-9-11-22-10-3-4-12-24(22)29)19-36-38-34(39)32-30-25-13-5-6-14-26(25)31(33(32)35(38)40)28-16-8-7-15-27(28)30/h3-19,30-33H,1-2H3/b36-19-/t30?,31?,32-,33+. The van der Waals surface area contributed by atoms with E-state index < -0.39 is 11.8 Å². The van der Waals surface area contributed by atoms with Gasteiger partial charge in [0.2, 0.25) is 0 Å². The largest absolute Gasteiger partial charge is 0.317 e. The lowest BCUT2D eigenvalue weighted by Crippen LogP contribution is -2.41. The van der Waals surface area contributed by atoms with Crippen LogP contribution in [0.5, 0.6) is 0 Å². The summed E-state index contributed by atoms with van der Waals surface area (Å²) in [4.78, 5) is 27.8. The first-order valence-electron chi connectivity index (χ1n) is 13.8. The van der Waals surface area contributed by atoms with Crippen LogP contribution < -0.4 is 0 Å². The summed E-state index contributed by atoms with van der Waals surface area (Å²) in [5.41, 5.74) is 8.71. The molecule has 5 aromatic rings. The van der Waals surface area contributed by atoms with Crippen LogP contribution in [0, 0.1) is 25.7 Å². The van der Waals surface area contributed by atoms with Crippen molar-refractivity contribution in [3.8, 4) is 5.69 Å². The van der Waals surface area contributed by atoms with Gasteiger partial charge in [-0.1, -0.05) is 84.9 Å². The first kappa shape index (κ1) is 23.1. The van der Waals surface area contributed by atoms with Crippen molar-refractivity contribution in [2.45, 2.75) is 25.7 Å². The van der Waals surface area contributed by atoms with Crippen molar-refractivity contribution in [2.24, 2.45) is 16.9 Å². The first-order chi connectivity index (χ1) is 19.5. The number of rotatable bonds is 3. The fourth-order valence-corrected chi connectivity index (χ4v) is 7.59. The third-order valence-corrected chi connectivity index (χ3v) is 9.22. The van der Waals surface area contributed by atoms with Crippen LogP contribution in [0.2, 0.25) is 0 Å². The Labute approximate surface area is 232 Å². The maximum Gasteiger partial charge on any atom is 0.254 e. The number of benzene rings is 4. The Kier molecular flexibility index (Phi) is 4.84. The number of hydrazone groups is 1. The van der Waals surface area contributed by atoms with E-state index in [0.29, 0.717) is 0 Å². The Morgan fingerprint density at radius 2 is 1.20 bits per heavy atom. The summed E-state index contributed by atoms with van der Waals surface area (Å²) >= 11 is 0. The molecule has 1 aliphatic heterocycles. The quantitative estimate of drug-likeness (QED) is 0.202. The normalized spacial score (nSPS) is 22.7. The summed E-state index contributed by atoms with van der Waals surface area (Å²) in [5.74, 6) is -1.52. The molecule has 2 bridgehead atoms. The molecule has 4 aliphatic rings. The highest BCUT2D eigenvalue weighted by atomic mass is 16.2. The zero-order valence-corrected chi connectivity index (χ0v) is 22.3. The summed E-state index contributed by atoms with van der Waals surface area (Å²) in [7, 11) is 0. The number of imide groups is 1. The minimum absolute atomic E-state index is 0.129. The Morgan fingerprint density at radius 3 is 1.80 bits per heavy atom. The van der Waals surface area contributed by atoms with Gasteiger partial charge in [0.15, 0.2) is 0 Å². The zero-order chi connectivity index (χ0) is 27.1. The lowest BCUT2D eigenvalue weighted by molar-refractivity contribution is -0.139. The van der Waals surface area contributed by atoms with Gasteiger partial charge in [-0.05, 0) is 53.6 Å². The molecule has 2 amide bonds. The molecule has 0 spiro atoms. The Balaban J connectivity index is 1.18. The minimum Gasteiger partial charge on any atom is -0.317 e. The highest BCUT2D eigenvalue weighted by Crippen LogP contribution is 2.60. The van der Waals surface area contributed by atoms with E-state index in [1.807, 2.05) is 30.3 Å². The minimum atomic E-state index is -0.428. The van der Waals surface area contributed by atoms with E-state index in [4.69, 9.17) is 0 Å². The number of aryl methyl sites for hydroxylation is 1. The van der Waals surface area contributed by atoms with Gasteiger partial charge in [-0.25, -0.2) is 0 Å². The molecular weight excluding hydrogens is 494 g/mol. The molecule has 2 atom stereocenters. The highest BCUT2D eigenvalue weighted by Gasteiger charge is 2.61. The molecule has 1 saturated heterocycles. The van der Waals surface area contributed by atoms with Crippen molar-refractivity contribution in [2.75, 3.05) is 0 Å². The van der Waals surface area contributed by atoms with Crippen LogP contribution in [0.25, 0.3) is 16.5 Å². The van der Waals surface area contributed by atoms with Gasteiger partial charge in [-0.2, -0.15) is 10.1 Å². The van der Waals surface area contributed by atoms with E-state index in [0.717, 1.165) is 49.9 Å². The average Bonchev–Trinajstić information content (AvgIpc) is 3.42. The maximum absolute atomic E-state index is 13.9.